The van der Waals surface area contributed by atoms with Gasteiger partial charge in [-0.1, -0.05) is 25.5 Å². The number of benzene rings is 1. The lowest BCUT2D eigenvalue weighted by atomic mass is 10.0. The summed E-state index contributed by atoms with van der Waals surface area (Å²) in [6, 6.07) is 12.0. The molecule has 0 spiro atoms. The zero-order chi connectivity index (χ0) is 14.1. The molecule has 1 aliphatic heterocycles. The van der Waals surface area contributed by atoms with Gasteiger partial charge in [0.15, 0.2) is 5.88 Å². The molecule has 1 aromatic carbocycles. The van der Waals surface area contributed by atoms with Gasteiger partial charge in [0.25, 0.3) is 0 Å². The van der Waals surface area contributed by atoms with Gasteiger partial charge in [-0.2, -0.15) is 0 Å². The van der Waals surface area contributed by atoms with Gasteiger partial charge in [0, 0.05) is 17.5 Å². The maximum absolute atomic E-state index is 10.5. The Morgan fingerprint density at radius 3 is 2.70 bits per heavy atom. The summed E-state index contributed by atoms with van der Waals surface area (Å²) in [7, 11) is 1.68. The first-order valence-electron chi connectivity index (χ1n) is 7.04. The maximum Gasteiger partial charge on any atom is 0.199 e. The molecule has 0 atom stereocenters. The highest BCUT2D eigenvalue weighted by Gasteiger charge is 2.17. The minimum atomic E-state index is 0.358. The molecule has 1 aliphatic carbocycles. The first-order chi connectivity index (χ1) is 9.76. The van der Waals surface area contributed by atoms with Gasteiger partial charge in [0.05, 0.1) is 12.6 Å². The quantitative estimate of drug-likeness (QED) is 0.768. The predicted molar refractivity (Wildman–Crippen MR) is 81.7 cm³/mol. The molecule has 0 saturated heterocycles. The summed E-state index contributed by atoms with van der Waals surface area (Å²) in [6.07, 6.45) is 2.15. The number of rotatable bonds is 4. The van der Waals surface area contributed by atoms with Gasteiger partial charge < -0.3 is 14.4 Å². The number of ether oxygens (including phenoxy) is 1. The second-order valence-electron chi connectivity index (χ2n) is 5.07. The fourth-order valence-electron chi connectivity index (χ4n) is 2.75. The minimum absolute atomic E-state index is 0.358. The van der Waals surface area contributed by atoms with Gasteiger partial charge >= 0.3 is 0 Å². The predicted octanol–water partition coefficient (Wildman–Crippen LogP) is 4.26. The van der Waals surface area contributed by atoms with E-state index in [0.29, 0.717) is 5.88 Å². The zero-order valence-corrected chi connectivity index (χ0v) is 11.9. The molecule has 20 heavy (non-hydrogen) atoms. The van der Waals surface area contributed by atoms with Gasteiger partial charge in [-0.3, -0.25) is 0 Å². The van der Waals surface area contributed by atoms with Crippen LogP contribution in [0.15, 0.2) is 36.4 Å². The summed E-state index contributed by atoms with van der Waals surface area (Å²) in [4.78, 5) is 0. The highest BCUT2D eigenvalue weighted by Crippen LogP contribution is 2.40. The number of hydrogen-bond donors (Lipinski definition) is 1. The molecule has 0 fully saturated rings. The lowest BCUT2D eigenvalue weighted by Gasteiger charge is -2.18. The number of unbranched alkanes of at least 4 members (excludes halogenated alkanes) is 1. The maximum atomic E-state index is 10.5. The van der Waals surface area contributed by atoms with E-state index in [4.69, 9.17) is 4.74 Å². The van der Waals surface area contributed by atoms with Crippen LogP contribution in [0.3, 0.4) is 0 Å². The van der Waals surface area contributed by atoms with E-state index in [9.17, 15) is 5.11 Å². The van der Waals surface area contributed by atoms with E-state index in [-0.39, 0.29) is 0 Å². The Hall–Kier alpha value is -2.16. The Bertz CT molecular complexity index is 715. The van der Waals surface area contributed by atoms with E-state index >= 15 is 0 Å². The van der Waals surface area contributed by atoms with Crippen LogP contribution >= 0.6 is 0 Å². The normalized spacial score (nSPS) is 11.3. The van der Waals surface area contributed by atoms with Gasteiger partial charge in [0.1, 0.15) is 5.75 Å². The molecule has 0 bridgehead atoms. The van der Waals surface area contributed by atoms with E-state index in [1.807, 2.05) is 41.0 Å². The average Bonchev–Trinajstić information content (AvgIpc) is 2.97. The number of hydrogen-bond acceptors (Lipinski definition) is 2. The molecule has 3 rings (SSSR count). The first-order valence-corrected chi connectivity index (χ1v) is 7.04. The van der Waals surface area contributed by atoms with E-state index in [1.54, 1.807) is 7.11 Å². The van der Waals surface area contributed by atoms with Crippen molar-refractivity contribution in [2.75, 3.05) is 7.11 Å². The van der Waals surface area contributed by atoms with Crippen LogP contribution in [0.1, 0.15) is 19.8 Å². The summed E-state index contributed by atoms with van der Waals surface area (Å²) in [6.45, 7) is 2.98. The van der Waals surface area contributed by atoms with Gasteiger partial charge in [0.2, 0.25) is 0 Å². The van der Waals surface area contributed by atoms with Crippen molar-refractivity contribution in [2.24, 2.45) is 0 Å². The number of aromatic hydroxyl groups is 1. The van der Waals surface area contributed by atoms with Crippen LogP contribution in [-0.2, 0) is 6.54 Å². The summed E-state index contributed by atoms with van der Waals surface area (Å²) >= 11 is 0. The zero-order valence-electron chi connectivity index (χ0n) is 11.9. The lowest BCUT2D eigenvalue weighted by molar-refractivity contribution is 0.412. The molecule has 0 saturated carbocycles. The molecule has 0 aromatic heterocycles. The third kappa shape index (κ3) is 1.90. The van der Waals surface area contributed by atoms with E-state index in [1.165, 1.54) is 0 Å². The van der Waals surface area contributed by atoms with Gasteiger partial charge in [-0.05, 0) is 36.2 Å². The number of pyridine rings is 1. The van der Waals surface area contributed by atoms with Crippen molar-refractivity contribution >= 4 is 10.9 Å². The van der Waals surface area contributed by atoms with Crippen molar-refractivity contribution in [2.45, 2.75) is 26.3 Å². The van der Waals surface area contributed by atoms with Crippen LogP contribution in [0, 0.1) is 0 Å². The smallest absolute Gasteiger partial charge is 0.199 e. The van der Waals surface area contributed by atoms with Gasteiger partial charge in [-0.15, -0.1) is 0 Å². The average molecular weight is 269 g/mol. The van der Waals surface area contributed by atoms with Crippen LogP contribution < -0.4 is 4.74 Å². The third-order valence-corrected chi connectivity index (χ3v) is 3.83. The summed E-state index contributed by atoms with van der Waals surface area (Å²) in [5.41, 5.74) is 3.03. The molecular weight excluding hydrogens is 250 g/mol. The fraction of sp³-hybridized carbons (Fsp3) is 0.294. The van der Waals surface area contributed by atoms with Crippen LogP contribution in [0.5, 0.6) is 11.6 Å². The van der Waals surface area contributed by atoms with E-state index in [2.05, 4.69) is 6.92 Å². The van der Waals surface area contributed by atoms with E-state index in [0.717, 1.165) is 47.2 Å². The standard InChI is InChI=1S/C17H19NO2/c1-3-4-10-18-16-9-8-12(20-2)11-15(16)13-6-5-7-14(13)17(18)19/h5-9,11,19H,3-4,10H2,1-2H3. The van der Waals surface area contributed by atoms with Crippen LogP contribution in [0.2, 0.25) is 0 Å². The molecule has 1 aromatic rings. The van der Waals surface area contributed by atoms with Gasteiger partial charge in [-0.25, -0.2) is 0 Å². The Morgan fingerprint density at radius 1 is 1.15 bits per heavy atom. The molecule has 3 heteroatoms. The third-order valence-electron chi connectivity index (χ3n) is 3.83. The molecule has 1 N–H and O–H groups in total. The highest BCUT2D eigenvalue weighted by molar-refractivity contribution is 5.99. The summed E-state index contributed by atoms with van der Waals surface area (Å²) in [5.74, 6) is 1.20. The summed E-state index contributed by atoms with van der Waals surface area (Å²) < 4.78 is 7.33. The molecule has 3 nitrogen and oxygen atoms in total. The van der Waals surface area contributed by atoms with Crippen LogP contribution in [0.25, 0.3) is 22.0 Å². The largest absolute Gasteiger partial charge is 0.497 e. The topological polar surface area (TPSA) is 34.4 Å². The first kappa shape index (κ1) is 12.9. The number of nitrogens with zero attached hydrogens (tertiary/aromatic N) is 1. The fourth-order valence-corrected chi connectivity index (χ4v) is 2.75. The Morgan fingerprint density at radius 2 is 1.95 bits per heavy atom. The van der Waals surface area contributed by atoms with Crippen molar-refractivity contribution in [1.29, 1.82) is 0 Å². The molecule has 2 aliphatic rings. The molecule has 1 heterocycles. The minimum Gasteiger partial charge on any atom is -0.497 e. The van der Waals surface area contributed by atoms with Crippen molar-refractivity contribution in [1.82, 2.24) is 4.57 Å². The van der Waals surface area contributed by atoms with Crippen molar-refractivity contribution in [3.05, 3.63) is 36.4 Å². The van der Waals surface area contributed by atoms with Crippen molar-refractivity contribution < 1.29 is 9.84 Å². The number of methoxy groups -OCH3 is 1. The molecule has 0 amide bonds. The Kier molecular flexibility index (Phi) is 3.26. The molecule has 0 radical (unpaired) electrons. The monoisotopic (exact) mass is 269 g/mol. The Labute approximate surface area is 118 Å². The molecule has 104 valence electrons. The molecule has 0 unspecified atom stereocenters. The Balaban J connectivity index is 2.33. The molecular formula is C17H19NO2. The van der Waals surface area contributed by atoms with Crippen molar-refractivity contribution in [3.63, 3.8) is 0 Å². The summed E-state index contributed by atoms with van der Waals surface area (Å²) in [5, 5.41) is 11.6. The second kappa shape index (κ2) is 5.08. The highest BCUT2D eigenvalue weighted by atomic mass is 16.5. The van der Waals surface area contributed by atoms with Crippen molar-refractivity contribution in [3.8, 4) is 22.8 Å². The van der Waals surface area contributed by atoms with Crippen LogP contribution in [-0.4, -0.2) is 16.8 Å². The number of aromatic nitrogens is 1. The SMILES string of the molecule is CCCCn1c(O)c2cccc-2c2cc(OC)ccc21. The second-order valence-corrected chi connectivity index (χ2v) is 5.07. The number of fused-ring (bicyclic) bond motifs is 3. The lowest BCUT2D eigenvalue weighted by Crippen LogP contribution is -2.03. The number of aryl methyl sites for hydroxylation is 1. The van der Waals surface area contributed by atoms with E-state index < -0.39 is 0 Å². The van der Waals surface area contributed by atoms with Crippen LogP contribution in [0.4, 0.5) is 0 Å².